The van der Waals surface area contributed by atoms with Crippen molar-refractivity contribution in [2.24, 2.45) is 0 Å². The lowest BCUT2D eigenvalue weighted by atomic mass is 10.0. The molecule has 0 saturated heterocycles. The molecular weight excluding hydrogens is 460 g/mol. The monoisotopic (exact) mass is 490 g/mol. The molecule has 1 atom stereocenters. The molecule has 0 radical (unpaired) electrons. The van der Waals surface area contributed by atoms with Gasteiger partial charge in [0.2, 0.25) is 0 Å². The van der Waals surface area contributed by atoms with Crippen molar-refractivity contribution in [3.8, 4) is 11.5 Å². The van der Waals surface area contributed by atoms with Gasteiger partial charge in [0.1, 0.15) is 17.2 Å². The second-order valence-electron chi connectivity index (χ2n) is 7.21. The normalized spacial score (nSPS) is 11.9. The SMILES string of the molecule is CCN(CC)C(C)[n+]1c(N)[nH]c2c(CC(=O)c3ccc(OC)c(OC)c3)cccc21.[Br-]. The van der Waals surface area contributed by atoms with Crippen LogP contribution in [0.25, 0.3) is 11.0 Å². The predicted octanol–water partition coefficient (Wildman–Crippen LogP) is 0.345. The number of aromatic amines is 1. The summed E-state index contributed by atoms with van der Waals surface area (Å²) in [5, 5.41) is 0. The molecule has 7 nitrogen and oxygen atoms in total. The molecule has 0 fully saturated rings. The molecule has 0 aliphatic carbocycles. The number of hydrogen-bond donors (Lipinski definition) is 2. The fourth-order valence-electron chi connectivity index (χ4n) is 4.00. The Kier molecular flexibility index (Phi) is 8.47. The highest BCUT2D eigenvalue weighted by molar-refractivity contribution is 5.99. The Hall–Kier alpha value is -2.58. The first kappa shape index (κ1) is 24.7. The third-order valence-corrected chi connectivity index (χ3v) is 5.67. The second-order valence-corrected chi connectivity index (χ2v) is 7.21. The summed E-state index contributed by atoms with van der Waals surface area (Å²) in [5.74, 6) is 1.71. The van der Waals surface area contributed by atoms with Gasteiger partial charge < -0.3 is 26.5 Å². The third-order valence-electron chi connectivity index (χ3n) is 5.67. The Morgan fingerprint density at radius 2 is 1.81 bits per heavy atom. The minimum Gasteiger partial charge on any atom is -1.00 e. The van der Waals surface area contributed by atoms with Crippen molar-refractivity contribution in [1.29, 1.82) is 0 Å². The smallest absolute Gasteiger partial charge is 0.354 e. The number of nitrogens with two attached hydrogens (primary N) is 1. The van der Waals surface area contributed by atoms with Crippen LogP contribution in [0.15, 0.2) is 36.4 Å². The van der Waals surface area contributed by atoms with Crippen LogP contribution in [-0.4, -0.2) is 43.0 Å². The number of anilines is 1. The van der Waals surface area contributed by atoms with E-state index in [9.17, 15) is 4.79 Å². The Balaban J connectivity index is 0.00000341. The summed E-state index contributed by atoms with van der Waals surface area (Å²) in [6.45, 7) is 8.26. The first-order chi connectivity index (χ1) is 14.4. The molecule has 0 saturated carbocycles. The van der Waals surface area contributed by atoms with E-state index < -0.39 is 0 Å². The van der Waals surface area contributed by atoms with Crippen LogP contribution in [0.3, 0.4) is 0 Å². The molecule has 3 N–H and O–H groups in total. The number of hydrogen-bond acceptors (Lipinski definition) is 5. The average molecular weight is 491 g/mol. The number of nitrogens with one attached hydrogen (secondary N) is 1. The Labute approximate surface area is 193 Å². The lowest BCUT2D eigenvalue weighted by Crippen LogP contribution is -3.00. The molecule has 3 aromatic rings. The topological polar surface area (TPSA) is 84.5 Å². The number of methoxy groups -OCH3 is 2. The van der Waals surface area contributed by atoms with Gasteiger partial charge in [-0.15, -0.1) is 0 Å². The zero-order valence-electron chi connectivity index (χ0n) is 18.7. The van der Waals surface area contributed by atoms with Crippen molar-refractivity contribution in [1.82, 2.24) is 9.88 Å². The number of rotatable bonds is 9. The molecule has 0 spiro atoms. The van der Waals surface area contributed by atoms with Gasteiger partial charge in [-0.25, -0.2) is 9.55 Å². The van der Waals surface area contributed by atoms with Gasteiger partial charge in [-0.3, -0.25) is 15.4 Å². The van der Waals surface area contributed by atoms with Crippen LogP contribution in [0.5, 0.6) is 11.5 Å². The van der Waals surface area contributed by atoms with Crippen molar-refractivity contribution in [2.75, 3.05) is 33.0 Å². The van der Waals surface area contributed by atoms with E-state index in [0.717, 1.165) is 29.7 Å². The van der Waals surface area contributed by atoms with Crippen molar-refractivity contribution in [3.05, 3.63) is 47.5 Å². The molecule has 0 bridgehead atoms. The number of ether oxygens (including phenoxy) is 2. The van der Waals surface area contributed by atoms with Gasteiger partial charge in [-0.1, -0.05) is 26.0 Å². The Bertz CT molecular complexity index is 1050. The average Bonchev–Trinajstić information content (AvgIpc) is 3.10. The van der Waals surface area contributed by atoms with Gasteiger partial charge in [0.25, 0.3) is 0 Å². The van der Waals surface area contributed by atoms with E-state index in [0.29, 0.717) is 23.0 Å². The quantitative estimate of drug-likeness (QED) is 0.333. The van der Waals surface area contributed by atoms with E-state index >= 15 is 0 Å². The van der Waals surface area contributed by atoms with Crippen LogP contribution >= 0.6 is 0 Å². The highest BCUT2D eigenvalue weighted by Crippen LogP contribution is 2.28. The Morgan fingerprint density at radius 3 is 2.42 bits per heavy atom. The first-order valence-electron chi connectivity index (χ1n) is 10.2. The number of imidazole rings is 1. The molecule has 1 aromatic heterocycles. The van der Waals surface area contributed by atoms with E-state index in [1.54, 1.807) is 32.4 Å². The summed E-state index contributed by atoms with van der Waals surface area (Å²) in [7, 11) is 3.13. The lowest BCUT2D eigenvalue weighted by Gasteiger charge is -2.25. The molecule has 31 heavy (non-hydrogen) atoms. The summed E-state index contributed by atoms with van der Waals surface area (Å²) in [6, 6.07) is 11.2. The Morgan fingerprint density at radius 1 is 1.13 bits per heavy atom. The highest BCUT2D eigenvalue weighted by atomic mass is 79.9. The molecule has 168 valence electrons. The van der Waals surface area contributed by atoms with Gasteiger partial charge in [0.05, 0.1) is 14.2 Å². The summed E-state index contributed by atoms with van der Waals surface area (Å²) in [5.41, 5.74) is 9.71. The first-order valence-corrected chi connectivity index (χ1v) is 10.2. The number of ketones is 1. The summed E-state index contributed by atoms with van der Waals surface area (Å²) in [4.78, 5) is 18.6. The van der Waals surface area contributed by atoms with E-state index in [-0.39, 0.29) is 35.4 Å². The van der Waals surface area contributed by atoms with Crippen LogP contribution in [0.2, 0.25) is 0 Å². The molecule has 8 heteroatoms. The van der Waals surface area contributed by atoms with Crippen LogP contribution < -0.4 is 36.8 Å². The van der Waals surface area contributed by atoms with Crippen LogP contribution in [0.4, 0.5) is 5.95 Å². The number of carbonyl (C=O) groups excluding carboxylic acids is 1. The molecule has 0 aliphatic heterocycles. The fraction of sp³-hybridized carbons (Fsp3) is 0.391. The molecule has 3 rings (SSSR count). The number of benzene rings is 2. The highest BCUT2D eigenvalue weighted by Gasteiger charge is 2.25. The molecule has 1 unspecified atom stereocenters. The van der Waals surface area contributed by atoms with E-state index in [1.165, 1.54) is 0 Å². The third kappa shape index (κ3) is 4.85. The van der Waals surface area contributed by atoms with Gasteiger partial charge in [-0.2, -0.15) is 0 Å². The number of fused-ring (bicyclic) bond motifs is 1. The number of Topliss-reactive ketones (excluding diaryl/α,β-unsaturated/α-hetero) is 1. The number of nitrogens with zero attached hydrogens (tertiary/aromatic N) is 2. The van der Waals surface area contributed by atoms with Gasteiger partial charge >= 0.3 is 5.95 Å². The minimum atomic E-state index is -0.0000316. The molecule has 2 aromatic carbocycles. The number of para-hydroxylation sites is 1. The number of aromatic nitrogens is 2. The largest absolute Gasteiger partial charge is 1.00 e. The zero-order chi connectivity index (χ0) is 21.8. The van der Waals surface area contributed by atoms with E-state index in [1.807, 2.05) is 18.2 Å². The predicted molar refractivity (Wildman–Crippen MR) is 118 cm³/mol. The second kappa shape index (κ2) is 10.6. The van der Waals surface area contributed by atoms with E-state index in [2.05, 4.69) is 35.2 Å². The minimum absolute atomic E-state index is 0. The van der Waals surface area contributed by atoms with Crippen LogP contribution in [0, 0.1) is 0 Å². The van der Waals surface area contributed by atoms with Gasteiger partial charge in [-0.05, 0) is 44.3 Å². The van der Waals surface area contributed by atoms with Gasteiger partial charge in [0.15, 0.2) is 17.3 Å². The van der Waals surface area contributed by atoms with Gasteiger partial charge in [0, 0.05) is 17.5 Å². The zero-order valence-corrected chi connectivity index (χ0v) is 20.3. The van der Waals surface area contributed by atoms with Crippen molar-refractivity contribution >= 4 is 22.8 Å². The van der Waals surface area contributed by atoms with Crippen molar-refractivity contribution < 1.29 is 35.8 Å². The lowest BCUT2D eigenvalue weighted by molar-refractivity contribution is -0.703. The maximum absolute atomic E-state index is 13.0. The maximum Gasteiger partial charge on any atom is 0.354 e. The van der Waals surface area contributed by atoms with Crippen molar-refractivity contribution in [3.63, 3.8) is 0 Å². The molecule has 1 heterocycles. The summed E-state index contributed by atoms with van der Waals surface area (Å²) < 4.78 is 12.7. The molecule has 0 aliphatic rings. The fourth-order valence-corrected chi connectivity index (χ4v) is 4.00. The molecular formula is C23H31BrN4O3. The maximum atomic E-state index is 13.0. The number of carbonyl (C=O) groups is 1. The van der Waals surface area contributed by atoms with Crippen LogP contribution in [0.1, 0.15) is 42.9 Å². The number of halogens is 1. The number of nitrogen functional groups attached to an aromatic ring is 1. The van der Waals surface area contributed by atoms with Crippen LogP contribution in [-0.2, 0) is 6.42 Å². The number of H-pyrrole nitrogens is 1. The summed E-state index contributed by atoms with van der Waals surface area (Å²) in [6.07, 6.45) is 0.359. The van der Waals surface area contributed by atoms with E-state index in [4.69, 9.17) is 15.2 Å². The standard InChI is InChI=1S/C23H30N4O3.BrH/c1-6-26(7-2)15(3)27-18-10-8-9-17(22(18)25-23(27)24)13-19(28)16-11-12-20(29-4)21(14-16)30-5;/h8-12,14-15H,6-7,13H2,1-5H3,(H2,24,25);1H. The van der Waals surface area contributed by atoms with Crippen molar-refractivity contribution in [2.45, 2.75) is 33.4 Å². The molecule has 0 amide bonds. The summed E-state index contributed by atoms with van der Waals surface area (Å²) >= 11 is 0.